The standard InChI is InChI=1S/C54H70F4O/c1-3-39-11-15-43(16-12-39)51(27-7-5-8-28-51)53(45-19-21-47(55)49(57)35-45)31-23-41(24-32-53)37-59-38-42-25-33-54(34-26-42,46-20-22-48(56)50(58)36-46)52(29-9-6-10-30-52)44-17-13-40(4-2)14-18-44/h19-26,31-36,39-44H,3-18,27-30,37-38H2,1-2H3/t39-,40-,41-,42-,43-,44-,53+,54+. The van der Waals surface area contributed by atoms with Crippen LogP contribution in [-0.2, 0) is 15.6 Å². The first kappa shape index (κ1) is 42.8. The molecule has 1 nitrogen and oxygen atoms in total. The molecule has 0 saturated heterocycles. The third kappa shape index (κ3) is 8.02. The molecule has 5 heteroatoms. The highest BCUT2D eigenvalue weighted by atomic mass is 19.2. The van der Waals surface area contributed by atoms with E-state index in [1.807, 2.05) is 12.1 Å². The number of halogens is 4. The van der Waals surface area contributed by atoms with E-state index in [0.717, 1.165) is 48.6 Å². The van der Waals surface area contributed by atoms with Crippen LogP contribution in [0, 0.1) is 69.6 Å². The molecule has 6 aliphatic carbocycles. The molecule has 0 N–H and O–H groups in total. The minimum atomic E-state index is -0.791. The normalized spacial score (nSPS) is 34.2. The summed E-state index contributed by atoms with van der Waals surface area (Å²) in [6.45, 7) is 5.70. The van der Waals surface area contributed by atoms with Gasteiger partial charge in [0.05, 0.1) is 13.2 Å². The van der Waals surface area contributed by atoms with Crippen LogP contribution in [0.25, 0.3) is 0 Å². The molecular formula is C54H70F4O. The third-order valence-corrected chi connectivity index (χ3v) is 17.4. The number of ether oxygens (including phenoxy) is 1. The van der Waals surface area contributed by atoms with Crippen molar-refractivity contribution in [1.29, 1.82) is 0 Å². The highest BCUT2D eigenvalue weighted by molar-refractivity contribution is 5.46. The zero-order valence-corrected chi connectivity index (χ0v) is 36.0. The van der Waals surface area contributed by atoms with Crippen molar-refractivity contribution in [3.05, 3.63) is 119 Å². The smallest absolute Gasteiger partial charge is 0.159 e. The first-order chi connectivity index (χ1) is 28.7. The van der Waals surface area contributed by atoms with Gasteiger partial charge in [0, 0.05) is 22.7 Å². The van der Waals surface area contributed by atoms with Gasteiger partial charge in [-0.05, 0) is 121 Å². The van der Waals surface area contributed by atoms with Crippen LogP contribution in [0.5, 0.6) is 0 Å². The van der Waals surface area contributed by atoms with Crippen molar-refractivity contribution in [3.8, 4) is 0 Å². The topological polar surface area (TPSA) is 9.23 Å². The van der Waals surface area contributed by atoms with Gasteiger partial charge in [-0.3, -0.25) is 0 Å². The van der Waals surface area contributed by atoms with Crippen molar-refractivity contribution >= 4 is 0 Å². The lowest BCUT2D eigenvalue weighted by Gasteiger charge is -2.57. The van der Waals surface area contributed by atoms with Crippen molar-refractivity contribution in [2.75, 3.05) is 13.2 Å². The van der Waals surface area contributed by atoms with Crippen LogP contribution in [0.2, 0.25) is 0 Å². The van der Waals surface area contributed by atoms with E-state index in [-0.39, 0.29) is 22.7 Å². The second-order valence-corrected chi connectivity index (χ2v) is 20.0. The Morgan fingerprint density at radius 3 is 1.15 bits per heavy atom. The summed E-state index contributed by atoms with van der Waals surface area (Å²) >= 11 is 0. The van der Waals surface area contributed by atoms with Gasteiger partial charge < -0.3 is 4.74 Å². The average molecular weight is 811 g/mol. The van der Waals surface area contributed by atoms with E-state index in [9.17, 15) is 8.78 Å². The van der Waals surface area contributed by atoms with Gasteiger partial charge in [0.25, 0.3) is 0 Å². The lowest BCUT2D eigenvalue weighted by molar-refractivity contribution is 0.0105. The molecule has 4 fully saturated rings. The van der Waals surface area contributed by atoms with Crippen LogP contribution in [0.3, 0.4) is 0 Å². The zero-order chi connectivity index (χ0) is 41.1. The Labute approximate surface area is 353 Å². The van der Waals surface area contributed by atoms with Gasteiger partial charge in [-0.15, -0.1) is 0 Å². The molecule has 59 heavy (non-hydrogen) atoms. The molecule has 2 aromatic carbocycles. The van der Waals surface area contributed by atoms with Gasteiger partial charge in [-0.25, -0.2) is 17.6 Å². The molecule has 320 valence electrons. The lowest BCUT2D eigenvalue weighted by atomic mass is 9.46. The quantitative estimate of drug-likeness (QED) is 0.153. The number of benzene rings is 2. The molecule has 0 atom stereocenters. The molecule has 8 rings (SSSR count). The maximum absolute atomic E-state index is 15.1. The molecule has 0 radical (unpaired) electrons. The van der Waals surface area contributed by atoms with Crippen molar-refractivity contribution in [1.82, 2.24) is 0 Å². The Morgan fingerprint density at radius 2 is 0.831 bits per heavy atom. The largest absolute Gasteiger partial charge is 0.380 e. The van der Waals surface area contributed by atoms with E-state index in [2.05, 4.69) is 62.5 Å². The molecule has 0 spiro atoms. The van der Waals surface area contributed by atoms with Gasteiger partial charge in [0.2, 0.25) is 0 Å². The summed E-state index contributed by atoms with van der Waals surface area (Å²) in [7, 11) is 0. The van der Waals surface area contributed by atoms with E-state index < -0.39 is 34.1 Å². The Morgan fingerprint density at radius 1 is 0.475 bits per heavy atom. The lowest BCUT2D eigenvalue weighted by Crippen LogP contribution is -2.51. The minimum Gasteiger partial charge on any atom is -0.380 e. The van der Waals surface area contributed by atoms with Crippen LogP contribution in [0.15, 0.2) is 85.0 Å². The predicted octanol–water partition coefficient (Wildman–Crippen LogP) is 15.3. The van der Waals surface area contributed by atoms with E-state index in [1.165, 1.54) is 127 Å². The van der Waals surface area contributed by atoms with Crippen LogP contribution in [0.1, 0.15) is 153 Å². The van der Waals surface area contributed by atoms with Crippen LogP contribution < -0.4 is 0 Å². The second-order valence-electron chi connectivity index (χ2n) is 20.0. The summed E-state index contributed by atoms with van der Waals surface area (Å²) in [5.41, 5.74) is 0.694. The summed E-state index contributed by atoms with van der Waals surface area (Å²) < 4.78 is 65.6. The van der Waals surface area contributed by atoms with Crippen LogP contribution in [-0.4, -0.2) is 13.2 Å². The van der Waals surface area contributed by atoms with Gasteiger partial charge in [0.15, 0.2) is 23.3 Å². The monoisotopic (exact) mass is 811 g/mol. The second kappa shape index (κ2) is 18.2. The third-order valence-electron chi connectivity index (χ3n) is 17.4. The molecule has 0 unspecified atom stereocenters. The summed E-state index contributed by atoms with van der Waals surface area (Å²) in [4.78, 5) is 0. The predicted molar refractivity (Wildman–Crippen MR) is 233 cm³/mol. The number of rotatable bonds is 12. The molecule has 0 aliphatic heterocycles. The van der Waals surface area contributed by atoms with E-state index in [4.69, 9.17) is 4.74 Å². The van der Waals surface area contributed by atoms with Gasteiger partial charge in [-0.2, -0.15) is 0 Å². The maximum atomic E-state index is 15.1. The molecule has 0 aromatic heterocycles. The van der Waals surface area contributed by atoms with Gasteiger partial charge >= 0.3 is 0 Å². The maximum Gasteiger partial charge on any atom is 0.159 e. The summed E-state index contributed by atoms with van der Waals surface area (Å²) in [6.07, 6.45) is 42.5. The average Bonchev–Trinajstić information content (AvgIpc) is 3.29. The first-order valence-corrected chi connectivity index (χ1v) is 23.9. The van der Waals surface area contributed by atoms with E-state index in [1.54, 1.807) is 0 Å². The van der Waals surface area contributed by atoms with Crippen molar-refractivity contribution in [3.63, 3.8) is 0 Å². The highest BCUT2D eigenvalue weighted by Gasteiger charge is 2.56. The summed E-state index contributed by atoms with van der Waals surface area (Å²) in [5, 5.41) is 0. The fourth-order valence-corrected chi connectivity index (χ4v) is 14.0. The number of allylic oxidation sites excluding steroid dienone is 4. The highest BCUT2D eigenvalue weighted by Crippen LogP contribution is 2.63. The molecule has 0 amide bonds. The van der Waals surface area contributed by atoms with Crippen molar-refractivity contribution in [2.45, 2.75) is 153 Å². The molecule has 0 heterocycles. The Hall–Kier alpha value is -2.92. The van der Waals surface area contributed by atoms with Crippen molar-refractivity contribution in [2.24, 2.45) is 46.3 Å². The Bertz CT molecular complexity index is 1680. The molecule has 2 aromatic rings. The first-order valence-electron chi connectivity index (χ1n) is 23.9. The molecule has 4 saturated carbocycles. The van der Waals surface area contributed by atoms with E-state index >= 15 is 8.78 Å². The number of hydrogen-bond donors (Lipinski definition) is 0. The Balaban J connectivity index is 1.01. The minimum absolute atomic E-state index is 0.0320. The van der Waals surface area contributed by atoms with Gasteiger partial charge in [0.1, 0.15) is 0 Å². The Kier molecular flexibility index (Phi) is 13.2. The van der Waals surface area contributed by atoms with E-state index in [0.29, 0.717) is 25.0 Å². The molecule has 0 bridgehead atoms. The summed E-state index contributed by atoms with van der Waals surface area (Å²) in [6, 6.07) is 9.29. The SMILES string of the molecule is CC[C@H]1CC[C@H](C2([C@]3(c4ccc(F)c(F)c4)C=C[C@H](COC[C@H]4C=C[C@@](c5ccc(F)c(F)c5)(C5([C@H]6CC[C@H](CC)CC6)CCCCC5)C=C4)C=C3)CCCCC2)CC1. The van der Waals surface area contributed by atoms with Crippen LogP contribution in [0.4, 0.5) is 17.6 Å². The zero-order valence-electron chi connectivity index (χ0n) is 36.0. The van der Waals surface area contributed by atoms with Crippen molar-refractivity contribution < 1.29 is 22.3 Å². The fourth-order valence-electron chi connectivity index (χ4n) is 14.0. The molecule has 6 aliphatic rings. The summed E-state index contributed by atoms with van der Waals surface area (Å²) in [5.74, 6) is -0.294. The van der Waals surface area contributed by atoms with Gasteiger partial charge in [-0.1, -0.05) is 152 Å². The molecular weight excluding hydrogens is 741 g/mol. The van der Waals surface area contributed by atoms with Crippen LogP contribution >= 0.6 is 0 Å². The fraction of sp³-hybridized carbons (Fsp3) is 0.630. The number of hydrogen-bond acceptors (Lipinski definition) is 1.